The molecule has 1 aliphatic heterocycles. The van der Waals surface area contributed by atoms with Crippen LogP contribution in [0.4, 0.5) is 0 Å². The maximum atomic E-state index is 6.41. The number of likely N-dealkylation sites (tertiary alicyclic amines) is 1. The number of hydrogen-bond donors (Lipinski definition) is 1. The molecule has 2 aromatic carbocycles. The first-order chi connectivity index (χ1) is 12.2. The van der Waals surface area contributed by atoms with E-state index >= 15 is 0 Å². The van der Waals surface area contributed by atoms with Crippen LogP contribution in [-0.4, -0.2) is 45.4 Å². The molecule has 1 aliphatic rings. The Balaban J connectivity index is 1.79. The van der Waals surface area contributed by atoms with Gasteiger partial charge in [0.1, 0.15) is 0 Å². The molecule has 2 N–H and O–H groups in total. The lowest BCUT2D eigenvalue weighted by atomic mass is 9.95. The first kappa shape index (κ1) is 17.6. The molecule has 5 nitrogen and oxygen atoms in total. The topological polar surface area (TPSA) is 57.0 Å². The molecule has 0 bridgehead atoms. The van der Waals surface area contributed by atoms with Crippen molar-refractivity contribution < 1.29 is 14.2 Å². The molecule has 2 aromatic rings. The Bertz CT molecular complexity index is 706. The zero-order chi connectivity index (χ0) is 17.8. The Morgan fingerprint density at radius 3 is 2.28 bits per heavy atom. The van der Waals surface area contributed by atoms with Gasteiger partial charge in [0.05, 0.1) is 21.3 Å². The highest BCUT2D eigenvalue weighted by Crippen LogP contribution is 2.40. The second kappa shape index (κ2) is 7.76. The average molecular weight is 342 g/mol. The van der Waals surface area contributed by atoms with Crippen LogP contribution >= 0.6 is 0 Å². The molecule has 0 radical (unpaired) electrons. The van der Waals surface area contributed by atoms with E-state index in [2.05, 4.69) is 29.2 Å². The Morgan fingerprint density at radius 1 is 0.920 bits per heavy atom. The van der Waals surface area contributed by atoms with E-state index in [-0.39, 0.29) is 6.04 Å². The summed E-state index contributed by atoms with van der Waals surface area (Å²) in [5.41, 5.74) is 8.78. The second-order valence-electron chi connectivity index (χ2n) is 6.37. The Kier molecular flexibility index (Phi) is 5.46. The van der Waals surface area contributed by atoms with E-state index in [1.807, 2.05) is 18.2 Å². The molecular formula is C20H26N2O3. The minimum absolute atomic E-state index is 0.133. The van der Waals surface area contributed by atoms with Gasteiger partial charge in [-0.1, -0.05) is 36.4 Å². The van der Waals surface area contributed by atoms with Gasteiger partial charge >= 0.3 is 0 Å². The summed E-state index contributed by atoms with van der Waals surface area (Å²) in [6.07, 6.45) is 0. The van der Waals surface area contributed by atoms with Crippen LogP contribution in [0.25, 0.3) is 0 Å². The van der Waals surface area contributed by atoms with Crippen molar-refractivity contribution in [3.63, 3.8) is 0 Å². The van der Waals surface area contributed by atoms with Crippen molar-refractivity contribution in [2.45, 2.75) is 18.5 Å². The van der Waals surface area contributed by atoms with E-state index in [1.54, 1.807) is 21.3 Å². The minimum Gasteiger partial charge on any atom is -0.493 e. The molecule has 0 saturated carbocycles. The molecule has 0 unspecified atom stereocenters. The SMILES string of the molecule is COc1ccc(CN2C[C@@H](N)[C@H](c3ccccc3)C2)c(OC)c1OC. The van der Waals surface area contributed by atoms with Gasteiger partial charge in [0.15, 0.2) is 11.5 Å². The van der Waals surface area contributed by atoms with Crippen molar-refractivity contribution in [2.24, 2.45) is 5.73 Å². The highest BCUT2D eigenvalue weighted by molar-refractivity contribution is 5.55. The predicted octanol–water partition coefficient (Wildman–Crippen LogP) is 2.64. The highest BCUT2D eigenvalue weighted by atomic mass is 16.5. The number of nitrogens with two attached hydrogens (primary N) is 1. The Morgan fingerprint density at radius 2 is 1.64 bits per heavy atom. The summed E-state index contributed by atoms with van der Waals surface area (Å²) < 4.78 is 16.4. The molecule has 3 rings (SSSR count). The van der Waals surface area contributed by atoms with Crippen molar-refractivity contribution in [3.8, 4) is 17.2 Å². The summed E-state index contributed by atoms with van der Waals surface area (Å²) in [5, 5.41) is 0. The van der Waals surface area contributed by atoms with Crippen molar-refractivity contribution >= 4 is 0 Å². The summed E-state index contributed by atoms with van der Waals surface area (Å²) in [5.74, 6) is 2.37. The van der Waals surface area contributed by atoms with E-state index in [1.165, 1.54) is 5.56 Å². The maximum absolute atomic E-state index is 6.41. The number of benzene rings is 2. The molecular weight excluding hydrogens is 316 g/mol. The molecule has 0 aliphatic carbocycles. The van der Waals surface area contributed by atoms with Gasteiger partial charge in [0, 0.05) is 37.2 Å². The predicted molar refractivity (Wildman–Crippen MR) is 98.5 cm³/mol. The first-order valence-corrected chi connectivity index (χ1v) is 8.48. The van der Waals surface area contributed by atoms with E-state index in [0.717, 1.165) is 30.9 Å². The average Bonchev–Trinajstić information content (AvgIpc) is 3.02. The largest absolute Gasteiger partial charge is 0.493 e. The molecule has 0 amide bonds. The minimum atomic E-state index is 0.133. The van der Waals surface area contributed by atoms with E-state index in [4.69, 9.17) is 19.9 Å². The van der Waals surface area contributed by atoms with E-state index in [0.29, 0.717) is 17.4 Å². The molecule has 5 heteroatoms. The summed E-state index contributed by atoms with van der Waals surface area (Å²) in [7, 11) is 4.91. The number of rotatable bonds is 6. The zero-order valence-electron chi connectivity index (χ0n) is 15.1. The third-order valence-corrected chi connectivity index (χ3v) is 4.85. The molecule has 0 aromatic heterocycles. The molecule has 25 heavy (non-hydrogen) atoms. The molecule has 134 valence electrons. The Hall–Kier alpha value is -2.24. The van der Waals surface area contributed by atoms with Crippen molar-refractivity contribution in [1.82, 2.24) is 4.90 Å². The fourth-order valence-corrected chi connectivity index (χ4v) is 3.62. The number of nitrogens with zero attached hydrogens (tertiary/aromatic N) is 1. The lowest BCUT2D eigenvalue weighted by molar-refractivity contribution is 0.299. The smallest absolute Gasteiger partial charge is 0.203 e. The number of hydrogen-bond acceptors (Lipinski definition) is 5. The van der Waals surface area contributed by atoms with Crippen LogP contribution in [0.2, 0.25) is 0 Å². The third kappa shape index (κ3) is 3.57. The fourth-order valence-electron chi connectivity index (χ4n) is 3.62. The van der Waals surface area contributed by atoms with Crippen molar-refractivity contribution in [2.75, 3.05) is 34.4 Å². The van der Waals surface area contributed by atoms with Crippen LogP contribution in [-0.2, 0) is 6.54 Å². The lowest BCUT2D eigenvalue weighted by Crippen LogP contribution is -2.28. The van der Waals surface area contributed by atoms with E-state index < -0.39 is 0 Å². The molecule has 1 saturated heterocycles. The van der Waals surface area contributed by atoms with Gasteiger partial charge in [-0.3, -0.25) is 4.90 Å². The summed E-state index contributed by atoms with van der Waals surface area (Å²) in [4.78, 5) is 2.37. The van der Waals surface area contributed by atoms with Gasteiger partial charge in [-0.05, 0) is 11.6 Å². The molecule has 2 atom stereocenters. The zero-order valence-corrected chi connectivity index (χ0v) is 15.1. The quantitative estimate of drug-likeness (QED) is 0.875. The van der Waals surface area contributed by atoms with Gasteiger partial charge in [0.25, 0.3) is 0 Å². The van der Waals surface area contributed by atoms with Crippen LogP contribution < -0.4 is 19.9 Å². The van der Waals surface area contributed by atoms with Gasteiger partial charge < -0.3 is 19.9 Å². The number of ether oxygens (including phenoxy) is 3. The summed E-state index contributed by atoms with van der Waals surface area (Å²) >= 11 is 0. The number of methoxy groups -OCH3 is 3. The van der Waals surface area contributed by atoms with Crippen LogP contribution in [0.3, 0.4) is 0 Å². The van der Waals surface area contributed by atoms with Crippen molar-refractivity contribution in [3.05, 3.63) is 53.6 Å². The van der Waals surface area contributed by atoms with Crippen molar-refractivity contribution in [1.29, 1.82) is 0 Å². The second-order valence-corrected chi connectivity index (χ2v) is 6.37. The lowest BCUT2D eigenvalue weighted by Gasteiger charge is -2.20. The van der Waals surface area contributed by atoms with Gasteiger partial charge in [-0.25, -0.2) is 0 Å². The van der Waals surface area contributed by atoms with Crippen LogP contribution in [0, 0.1) is 0 Å². The van der Waals surface area contributed by atoms with Gasteiger partial charge in [-0.15, -0.1) is 0 Å². The van der Waals surface area contributed by atoms with Gasteiger partial charge in [0.2, 0.25) is 5.75 Å². The normalized spacial score (nSPS) is 20.5. The molecule has 1 fully saturated rings. The fraction of sp³-hybridized carbons (Fsp3) is 0.400. The third-order valence-electron chi connectivity index (χ3n) is 4.85. The summed E-state index contributed by atoms with van der Waals surface area (Å²) in [6.45, 7) is 2.56. The van der Waals surface area contributed by atoms with Crippen LogP contribution in [0.15, 0.2) is 42.5 Å². The van der Waals surface area contributed by atoms with Gasteiger partial charge in [-0.2, -0.15) is 0 Å². The first-order valence-electron chi connectivity index (χ1n) is 8.48. The standard InChI is InChI=1S/C20H26N2O3/c1-23-18-10-9-15(19(24-2)20(18)25-3)11-22-12-16(17(21)13-22)14-7-5-4-6-8-14/h4-10,16-17H,11-13,21H2,1-3H3/t16-,17+/m0/s1. The van der Waals surface area contributed by atoms with E-state index in [9.17, 15) is 0 Å². The maximum Gasteiger partial charge on any atom is 0.203 e. The highest BCUT2D eigenvalue weighted by Gasteiger charge is 2.31. The van der Waals surface area contributed by atoms with Crippen LogP contribution in [0.5, 0.6) is 17.2 Å². The Labute approximate surface area is 149 Å². The van der Waals surface area contributed by atoms with Crippen LogP contribution in [0.1, 0.15) is 17.0 Å². The molecule has 1 heterocycles. The summed E-state index contributed by atoms with van der Waals surface area (Å²) in [6, 6.07) is 14.6. The molecule has 0 spiro atoms. The monoisotopic (exact) mass is 342 g/mol.